The molecule has 0 bridgehead atoms. The van der Waals surface area contributed by atoms with Gasteiger partial charge in [-0.25, -0.2) is 4.98 Å². The van der Waals surface area contributed by atoms with Crippen LogP contribution in [0.1, 0.15) is 33.3 Å². The summed E-state index contributed by atoms with van der Waals surface area (Å²) in [6.07, 6.45) is -4.75. The van der Waals surface area contributed by atoms with Crippen LogP contribution in [-0.2, 0) is 49.4 Å². The molecule has 218 valence electrons. The topological polar surface area (TPSA) is 132 Å². The number of halogens is 1. The van der Waals surface area contributed by atoms with Gasteiger partial charge in [-0.1, -0.05) is 47.6 Å². The highest BCUT2D eigenvalue weighted by Crippen LogP contribution is 2.38. The minimum atomic E-state index is -1.26. The zero-order valence-electron chi connectivity index (χ0n) is 22.8. The Hall–Kier alpha value is -3.61. The van der Waals surface area contributed by atoms with Gasteiger partial charge < -0.3 is 28.3 Å². The van der Waals surface area contributed by atoms with E-state index in [0.29, 0.717) is 16.7 Å². The lowest BCUT2D eigenvalue weighted by Crippen LogP contribution is -2.61. The third kappa shape index (κ3) is 7.78. The molecular formula is C28H29ClN2O9S. The van der Waals surface area contributed by atoms with Crippen molar-refractivity contribution in [3.8, 4) is 0 Å². The predicted molar refractivity (Wildman–Crippen MR) is 148 cm³/mol. The first-order valence-corrected chi connectivity index (χ1v) is 13.9. The number of fused-ring (bicyclic) bond motifs is 1. The highest BCUT2D eigenvalue weighted by atomic mass is 35.5. The van der Waals surface area contributed by atoms with E-state index in [1.165, 1.54) is 27.7 Å². The number of hydrogen-bond donors (Lipinski definition) is 0. The number of imidazole rings is 1. The van der Waals surface area contributed by atoms with Crippen molar-refractivity contribution in [2.45, 2.75) is 69.2 Å². The number of benzene rings is 2. The van der Waals surface area contributed by atoms with Crippen LogP contribution in [0, 0.1) is 0 Å². The lowest BCUT2D eigenvalue weighted by molar-refractivity contribution is -0.237. The summed E-state index contributed by atoms with van der Waals surface area (Å²) in [5.41, 5.74) is 1.52. The number of carbonyl (C=O) groups is 4. The van der Waals surface area contributed by atoms with E-state index in [4.69, 9.17) is 40.3 Å². The van der Waals surface area contributed by atoms with Crippen molar-refractivity contribution in [1.29, 1.82) is 0 Å². The maximum Gasteiger partial charge on any atom is 0.303 e. The van der Waals surface area contributed by atoms with Crippen LogP contribution in [0.15, 0.2) is 53.7 Å². The fourth-order valence-electron chi connectivity index (χ4n) is 4.46. The van der Waals surface area contributed by atoms with Crippen LogP contribution in [0.4, 0.5) is 0 Å². The Morgan fingerprint density at radius 2 is 1.46 bits per heavy atom. The van der Waals surface area contributed by atoms with E-state index in [9.17, 15) is 19.2 Å². The standard InChI is InChI=1S/C28H29ClN2O9S/c1-15(32)36-14-23-24(37-16(2)33)25(38-17(3)34)26(39-18(4)35)27(40-23)41-28-30-21-7-5-6-8-22(21)31(28)13-19-9-11-20(29)12-10-19/h5-12,23-27H,13-14H2,1-4H3. The molecule has 2 aromatic carbocycles. The molecular weight excluding hydrogens is 576 g/mol. The van der Waals surface area contributed by atoms with E-state index in [0.717, 1.165) is 28.4 Å². The fourth-order valence-corrected chi connectivity index (χ4v) is 5.77. The molecule has 5 atom stereocenters. The van der Waals surface area contributed by atoms with Gasteiger partial charge >= 0.3 is 23.9 Å². The second-order valence-electron chi connectivity index (χ2n) is 9.28. The maximum absolute atomic E-state index is 12.2. The molecule has 1 saturated heterocycles. The van der Waals surface area contributed by atoms with Gasteiger partial charge in [-0.05, 0) is 29.8 Å². The first-order valence-electron chi connectivity index (χ1n) is 12.7. The van der Waals surface area contributed by atoms with Crippen LogP contribution in [0.5, 0.6) is 0 Å². The van der Waals surface area contributed by atoms with Gasteiger partial charge in [0.1, 0.15) is 12.7 Å². The molecule has 0 amide bonds. The van der Waals surface area contributed by atoms with E-state index < -0.39 is 53.7 Å². The summed E-state index contributed by atoms with van der Waals surface area (Å²) in [5.74, 6) is -2.65. The molecule has 1 aromatic heterocycles. The highest BCUT2D eigenvalue weighted by Gasteiger charge is 2.52. The van der Waals surface area contributed by atoms with Crippen molar-refractivity contribution < 1.29 is 42.9 Å². The van der Waals surface area contributed by atoms with Crippen molar-refractivity contribution >= 4 is 58.3 Å². The van der Waals surface area contributed by atoms with Gasteiger partial charge in [-0.2, -0.15) is 0 Å². The van der Waals surface area contributed by atoms with E-state index in [-0.39, 0.29) is 6.61 Å². The first kappa shape index (κ1) is 30.4. The number of para-hydroxylation sites is 2. The van der Waals surface area contributed by atoms with Crippen LogP contribution in [0.25, 0.3) is 11.0 Å². The first-order chi connectivity index (χ1) is 19.5. The van der Waals surface area contributed by atoms with Crippen LogP contribution in [-0.4, -0.2) is 69.9 Å². The zero-order valence-corrected chi connectivity index (χ0v) is 24.3. The van der Waals surface area contributed by atoms with E-state index >= 15 is 0 Å². The summed E-state index contributed by atoms with van der Waals surface area (Å²) in [6.45, 7) is 4.91. The van der Waals surface area contributed by atoms with Crippen molar-refractivity contribution in [3.05, 3.63) is 59.1 Å². The van der Waals surface area contributed by atoms with E-state index in [1.54, 1.807) is 12.1 Å². The smallest absolute Gasteiger partial charge is 0.303 e. The molecule has 41 heavy (non-hydrogen) atoms. The lowest BCUT2D eigenvalue weighted by atomic mass is 9.99. The van der Waals surface area contributed by atoms with E-state index in [1.807, 2.05) is 41.0 Å². The highest BCUT2D eigenvalue weighted by molar-refractivity contribution is 7.99. The molecule has 1 aliphatic rings. The van der Waals surface area contributed by atoms with Crippen LogP contribution < -0.4 is 0 Å². The molecule has 0 saturated carbocycles. The van der Waals surface area contributed by atoms with Gasteiger partial charge in [0.05, 0.1) is 17.6 Å². The Labute approximate surface area is 245 Å². The summed E-state index contributed by atoms with van der Waals surface area (Å²) in [5, 5.41) is 1.12. The molecule has 0 N–H and O–H groups in total. The number of ether oxygens (including phenoxy) is 5. The third-order valence-corrected chi connectivity index (χ3v) is 7.43. The second-order valence-corrected chi connectivity index (χ2v) is 10.8. The molecule has 1 fully saturated rings. The normalized spacial score (nSPS) is 22.1. The molecule has 11 nitrogen and oxygen atoms in total. The quantitative estimate of drug-likeness (QED) is 0.260. The van der Waals surface area contributed by atoms with Gasteiger partial charge in [-0.15, -0.1) is 0 Å². The summed E-state index contributed by atoms with van der Waals surface area (Å²) in [7, 11) is 0. The number of aromatic nitrogens is 2. The summed E-state index contributed by atoms with van der Waals surface area (Å²) >= 11 is 7.21. The predicted octanol–water partition coefficient (Wildman–Crippen LogP) is 3.91. The molecule has 0 radical (unpaired) electrons. The van der Waals surface area contributed by atoms with Crippen molar-refractivity contribution in [2.75, 3.05) is 6.61 Å². The van der Waals surface area contributed by atoms with Gasteiger partial charge in [0.15, 0.2) is 28.9 Å². The van der Waals surface area contributed by atoms with E-state index in [2.05, 4.69) is 0 Å². The Morgan fingerprint density at radius 3 is 2.10 bits per heavy atom. The average molecular weight is 605 g/mol. The largest absolute Gasteiger partial charge is 0.463 e. The number of rotatable bonds is 9. The Bertz CT molecular complexity index is 1430. The number of esters is 4. The minimum absolute atomic E-state index is 0.309. The number of nitrogens with zero attached hydrogens (tertiary/aromatic N) is 2. The monoisotopic (exact) mass is 604 g/mol. The van der Waals surface area contributed by atoms with Gasteiger partial charge in [0, 0.05) is 32.7 Å². The Kier molecular flexibility index (Phi) is 9.90. The second kappa shape index (κ2) is 13.4. The molecule has 5 unspecified atom stereocenters. The molecule has 0 spiro atoms. The molecule has 13 heteroatoms. The van der Waals surface area contributed by atoms with Gasteiger partial charge in [0.2, 0.25) is 0 Å². The average Bonchev–Trinajstić information content (AvgIpc) is 3.23. The number of carbonyl (C=O) groups excluding carboxylic acids is 4. The zero-order chi connectivity index (χ0) is 29.7. The molecule has 2 heterocycles. The summed E-state index contributed by atoms with van der Waals surface area (Å²) < 4.78 is 30.0. The van der Waals surface area contributed by atoms with Gasteiger partial charge in [-0.3, -0.25) is 19.2 Å². The minimum Gasteiger partial charge on any atom is -0.463 e. The summed E-state index contributed by atoms with van der Waals surface area (Å²) in [4.78, 5) is 52.8. The number of hydrogen-bond acceptors (Lipinski definition) is 11. The van der Waals surface area contributed by atoms with Crippen LogP contribution in [0.2, 0.25) is 5.02 Å². The fraction of sp³-hybridized carbons (Fsp3) is 0.393. The SMILES string of the molecule is CC(=O)OCC1OC(Sc2nc3ccccc3n2Cc2ccc(Cl)cc2)C(OC(C)=O)C(OC(C)=O)C1OC(C)=O. The van der Waals surface area contributed by atoms with Crippen LogP contribution in [0.3, 0.4) is 0 Å². The third-order valence-electron chi connectivity index (χ3n) is 6.04. The van der Waals surface area contributed by atoms with Crippen molar-refractivity contribution in [3.63, 3.8) is 0 Å². The van der Waals surface area contributed by atoms with Crippen molar-refractivity contribution in [2.24, 2.45) is 0 Å². The molecule has 4 rings (SSSR count). The summed E-state index contributed by atoms with van der Waals surface area (Å²) in [6, 6.07) is 14.9. The van der Waals surface area contributed by atoms with Gasteiger partial charge in [0.25, 0.3) is 0 Å². The lowest BCUT2D eigenvalue weighted by Gasteiger charge is -2.44. The van der Waals surface area contributed by atoms with Crippen LogP contribution >= 0.6 is 23.4 Å². The Morgan fingerprint density at radius 1 is 0.854 bits per heavy atom. The molecule has 1 aliphatic heterocycles. The Balaban J connectivity index is 1.76. The maximum atomic E-state index is 12.2. The number of thioether (sulfide) groups is 1. The molecule has 0 aliphatic carbocycles. The van der Waals surface area contributed by atoms with Crippen molar-refractivity contribution in [1.82, 2.24) is 9.55 Å². The molecule has 3 aromatic rings.